The van der Waals surface area contributed by atoms with E-state index >= 15 is 0 Å². The third-order valence-electron chi connectivity index (χ3n) is 4.96. The zero-order valence-electron chi connectivity index (χ0n) is 15.7. The summed E-state index contributed by atoms with van der Waals surface area (Å²) in [6.07, 6.45) is 4.28. The molecule has 26 heavy (non-hydrogen) atoms. The van der Waals surface area contributed by atoms with Gasteiger partial charge in [0.15, 0.2) is 5.96 Å². The molecular formula is C19H30N4O2S. The Morgan fingerprint density at radius 3 is 2.38 bits per heavy atom. The number of likely N-dealkylation sites (tertiary alicyclic amines) is 1. The Balaban J connectivity index is 1.63. The van der Waals surface area contributed by atoms with Crippen molar-refractivity contribution < 1.29 is 8.42 Å². The van der Waals surface area contributed by atoms with Crippen LogP contribution >= 0.6 is 0 Å². The minimum absolute atomic E-state index is 0.124. The van der Waals surface area contributed by atoms with Crippen LogP contribution in [0.2, 0.25) is 0 Å². The average Bonchev–Trinajstić information content (AvgIpc) is 3.43. The van der Waals surface area contributed by atoms with Crippen LogP contribution in [0.25, 0.3) is 0 Å². The summed E-state index contributed by atoms with van der Waals surface area (Å²) in [5.41, 5.74) is 1.01. The van der Waals surface area contributed by atoms with Crippen LogP contribution in [0.3, 0.4) is 0 Å². The molecule has 7 heteroatoms. The van der Waals surface area contributed by atoms with E-state index in [0.717, 1.165) is 49.9 Å². The van der Waals surface area contributed by atoms with Gasteiger partial charge in [-0.25, -0.2) is 18.1 Å². The van der Waals surface area contributed by atoms with Crippen LogP contribution in [0.4, 0.5) is 0 Å². The Morgan fingerprint density at radius 2 is 1.81 bits per heavy atom. The van der Waals surface area contributed by atoms with Gasteiger partial charge in [0.25, 0.3) is 0 Å². The summed E-state index contributed by atoms with van der Waals surface area (Å²) in [4.78, 5) is 7.40. The van der Waals surface area contributed by atoms with Crippen molar-refractivity contribution >= 4 is 16.0 Å². The summed E-state index contributed by atoms with van der Waals surface area (Å²) in [6, 6.07) is 7.18. The Bertz CT molecular complexity index is 718. The van der Waals surface area contributed by atoms with E-state index in [1.165, 1.54) is 12.8 Å². The van der Waals surface area contributed by atoms with E-state index in [2.05, 4.69) is 28.8 Å². The van der Waals surface area contributed by atoms with Gasteiger partial charge in [-0.3, -0.25) is 0 Å². The molecule has 1 aromatic carbocycles. The molecule has 1 aliphatic heterocycles. The predicted molar refractivity (Wildman–Crippen MR) is 105 cm³/mol. The third kappa shape index (κ3) is 5.20. The molecule has 0 radical (unpaired) electrons. The molecule has 3 rings (SSSR count). The molecule has 1 saturated carbocycles. The summed E-state index contributed by atoms with van der Waals surface area (Å²) >= 11 is 0. The van der Waals surface area contributed by atoms with Crippen molar-refractivity contribution in [1.82, 2.24) is 14.9 Å². The Kier molecular flexibility index (Phi) is 6.19. The number of piperidine rings is 1. The topological polar surface area (TPSA) is 73.8 Å². The van der Waals surface area contributed by atoms with Gasteiger partial charge in [0.05, 0.1) is 11.4 Å². The normalized spacial score (nSPS) is 19.6. The molecular weight excluding hydrogens is 348 g/mol. The first-order valence-electron chi connectivity index (χ1n) is 9.62. The fourth-order valence-corrected chi connectivity index (χ4v) is 4.38. The summed E-state index contributed by atoms with van der Waals surface area (Å²) in [5.74, 6) is 1.74. The minimum atomic E-state index is -3.38. The van der Waals surface area contributed by atoms with E-state index in [9.17, 15) is 8.42 Å². The molecule has 0 spiro atoms. The molecule has 0 atom stereocenters. The first-order chi connectivity index (χ1) is 12.5. The summed E-state index contributed by atoms with van der Waals surface area (Å²) < 4.78 is 27.2. The van der Waals surface area contributed by atoms with Gasteiger partial charge in [-0.15, -0.1) is 0 Å². The number of nitrogens with one attached hydrogen (secondary N) is 2. The van der Waals surface area contributed by atoms with Crippen LogP contribution < -0.4 is 10.0 Å². The molecule has 1 aromatic rings. The summed E-state index contributed by atoms with van der Waals surface area (Å²) in [7, 11) is -3.38. The van der Waals surface area contributed by atoms with Gasteiger partial charge in [-0.05, 0) is 56.2 Å². The Hall–Kier alpha value is -1.60. The fraction of sp³-hybridized carbons (Fsp3) is 0.632. The van der Waals surface area contributed by atoms with E-state index in [4.69, 9.17) is 4.99 Å². The number of guanidine groups is 1. The highest BCUT2D eigenvalue weighted by Crippen LogP contribution is 2.22. The predicted octanol–water partition coefficient (Wildman–Crippen LogP) is 2.32. The van der Waals surface area contributed by atoms with Crippen molar-refractivity contribution in [1.29, 1.82) is 0 Å². The molecule has 2 aliphatic rings. The molecule has 2 fully saturated rings. The second kappa shape index (κ2) is 8.39. The van der Waals surface area contributed by atoms with Crippen LogP contribution in [0, 0.1) is 5.92 Å². The fourth-order valence-electron chi connectivity index (χ4n) is 3.08. The zero-order valence-corrected chi connectivity index (χ0v) is 16.6. The Labute approximate surface area is 157 Å². The quantitative estimate of drug-likeness (QED) is 0.589. The lowest BCUT2D eigenvalue weighted by molar-refractivity contribution is 0.273. The van der Waals surface area contributed by atoms with E-state index in [-0.39, 0.29) is 6.04 Å². The molecule has 6 nitrogen and oxygen atoms in total. The summed E-state index contributed by atoms with van der Waals surface area (Å²) in [6.45, 7) is 7.84. The molecule has 0 bridgehead atoms. The van der Waals surface area contributed by atoms with Gasteiger partial charge in [0.2, 0.25) is 10.0 Å². The maximum absolute atomic E-state index is 12.2. The van der Waals surface area contributed by atoms with Crippen molar-refractivity contribution in [3.63, 3.8) is 0 Å². The molecule has 1 aliphatic carbocycles. The van der Waals surface area contributed by atoms with Gasteiger partial charge >= 0.3 is 0 Å². The first-order valence-corrected chi connectivity index (χ1v) is 11.1. The number of benzene rings is 1. The van der Waals surface area contributed by atoms with E-state index in [1.807, 2.05) is 12.1 Å². The molecule has 0 aromatic heterocycles. The highest BCUT2D eigenvalue weighted by molar-refractivity contribution is 7.89. The van der Waals surface area contributed by atoms with Crippen molar-refractivity contribution in [3.05, 3.63) is 29.8 Å². The number of sulfonamides is 1. The number of aliphatic imine (C=N–C) groups is 1. The number of rotatable bonds is 6. The van der Waals surface area contributed by atoms with Crippen molar-refractivity contribution in [2.45, 2.75) is 57.0 Å². The van der Waals surface area contributed by atoms with Gasteiger partial charge in [-0.1, -0.05) is 19.1 Å². The van der Waals surface area contributed by atoms with E-state index in [1.54, 1.807) is 12.1 Å². The van der Waals surface area contributed by atoms with Crippen molar-refractivity contribution in [2.75, 3.05) is 19.6 Å². The third-order valence-corrected chi connectivity index (χ3v) is 6.50. The van der Waals surface area contributed by atoms with Gasteiger partial charge < -0.3 is 10.2 Å². The first kappa shape index (κ1) is 19.2. The molecule has 1 saturated heterocycles. The van der Waals surface area contributed by atoms with Crippen LogP contribution in [-0.2, 0) is 16.6 Å². The van der Waals surface area contributed by atoms with Gasteiger partial charge in [0, 0.05) is 25.7 Å². The number of hydrogen-bond donors (Lipinski definition) is 2. The summed E-state index contributed by atoms with van der Waals surface area (Å²) in [5, 5.41) is 3.37. The molecule has 144 valence electrons. The number of nitrogens with zero attached hydrogens (tertiary/aromatic N) is 2. The van der Waals surface area contributed by atoms with E-state index < -0.39 is 10.0 Å². The number of hydrogen-bond acceptors (Lipinski definition) is 3. The van der Waals surface area contributed by atoms with Crippen LogP contribution in [0.1, 0.15) is 45.1 Å². The average molecular weight is 379 g/mol. The van der Waals surface area contributed by atoms with Crippen molar-refractivity contribution in [3.8, 4) is 0 Å². The monoisotopic (exact) mass is 378 g/mol. The van der Waals surface area contributed by atoms with Gasteiger partial charge in [0.1, 0.15) is 0 Å². The molecule has 2 N–H and O–H groups in total. The molecule has 1 heterocycles. The van der Waals surface area contributed by atoms with Crippen molar-refractivity contribution in [2.24, 2.45) is 10.9 Å². The standard InChI is InChI=1S/C19H30N4O2S/c1-3-20-19(23-12-10-15(2)11-13-23)21-14-16-4-8-18(9-5-16)26(24,25)22-17-6-7-17/h4-5,8-9,15,17,22H,3,6-7,10-14H2,1-2H3,(H,20,21). The minimum Gasteiger partial charge on any atom is -0.357 e. The smallest absolute Gasteiger partial charge is 0.240 e. The highest BCUT2D eigenvalue weighted by atomic mass is 32.2. The lowest BCUT2D eigenvalue weighted by atomic mass is 10.00. The van der Waals surface area contributed by atoms with E-state index in [0.29, 0.717) is 11.4 Å². The van der Waals surface area contributed by atoms with Crippen LogP contribution in [0.5, 0.6) is 0 Å². The second-order valence-electron chi connectivity index (χ2n) is 7.38. The van der Waals surface area contributed by atoms with Gasteiger partial charge in [-0.2, -0.15) is 0 Å². The second-order valence-corrected chi connectivity index (χ2v) is 9.09. The molecule has 0 unspecified atom stereocenters. The van der Waals surface area contributed by atoms with Crippen LogP contribution in [0.15, 0.2) is 34.2 Å². The Morgan fingerprint density at radius 1 is 1.15 bits per heavy atom. The maximum atomic E-state index is 12.2. The maximum Gasteiger partial charge on any atom is 0.240 e. The largest absolute Gasteiger partial charge is 0.357 e. The zero-order chi connectivity index (χ0) is 18.6. The lowest BCUT2D eigenvalue weighted by Crippen LogP contribution is -2.45. The highest BCUT2D eigenvalue weighted by Gasteiger charge is 2.27. The van der Waals surface area contributed by atoms with Crippen LogP contribution in [-0.4, -0.2) is 45.0 Å². The lowest BCUT2D eigenvalue weighted by Gasteiger charge is -2.33. The SMILES string of the molecule is CCNC(=NCc1ccc(S(=O)(=O)NC2CC2)cc1)N1CCC(C)CC1. The molecule has 0 amide bonds.